The van der Waals surface area contributed by atoms with Crippen LogP contribution in [0.2, 0.25) is 0 Å². The van der Waals surface area contributed by atoms with Gasteiger partial charge in [0, 0.05) is 17.1 Å². The molecule has 0 aromatic carbocycles. The molecule has 10 heavy (non-hydrogen) atoms. The summed E-state index contributed by atoms with van der Waals surface area (Å²) >= 11 is 0. The molecule has 0 rings (SSSR count). The summed E-state index contributed by atoms with van der Waals surface area (Å²) in [5.74, 6) is 0. The summed E-state index contributed by atoms with van der Waals surface area (Å²) in [5, 5.41) is 9.96. The quantitative estimate of drug-likeness (QED) is 0.447. The van der Waals surface area contributed by atoms with Gasteiger partial charge in [-0.2, -0.15) is 0 Å². The van der Waals surface area contributed by atoms with E-state index in [1.165, 1.54) is 25.7 Å². The molecule has 2 heteroatoms. The van der Waals surface area contributed by atoms with E-state index < -0.39 is 0 Å². The van der Waals surface area contributed by atoms with Crippen molar-refractivity contribution in [2.75, 3.05) is 6.61 Å². The average Bonchev–Trinajstić information content (AvgIpc) is 1.89. The summed E-state index contributed by atoms with van der Waals surface area (Å²) in [4.78, 5) is 0. The first kappa shape index (κ1) is 13.1. The fraction of sp³-hybridized carbons (Fsp3) is 1.00. The Bertz CT molecular complexity index is 42.5. The van der Waals surface area contributed by atoms with Crippen LogP contribution in [0.1, 0.15) is 45.4 Å². The second-order valence-corrected chi connectivity index (χ2v) is 2.47. The second kappa shape index (κ2) is 12.2. The van der Waals surface area contributed by atoms with Gasteiger partial charge < -0.3 is 0 Å². The van der Waals surface area contributed by atoms with Crippen molar-refractivity contribution in [3.8, 4) is 0 Å². The normalized spacial score (nSPS) is 9.00. The Morgan fingerprint density at radius 3 is 1.90 bits per heavy atom. The van der Waals surface area contributed by atoms with Gasteiger partial charge in [0.05, 0.1) is 6.61 Å². The standard InChI is InChI=1S/C8H17O.Fe/c1-2-3-4-5-6-7-8-9;/h2-8H2,1H3;. The van der Waals surface area contributed by atoms with Crippen molar-refractivity contribution in [1.82, 2.24) is 0 Å². The van der Waals surface area contributed by atoms with E-state index in [0.717, 1.165) is 12.8 Å². The Labute approximate surface area is 74.7 Å². The van der Waals surface area contributed by atoms with Crippen molar-refractivity contribution in [1.29, 1.82) is 0 Å². The van der Waals surface area contributed by atoms with Crippen molar-refractivity contribution in [3.05, 3.63) is 0 Å². The maximum absolute atomic E-state index is 9.96. The van der Waals surface area contributed by atoms with E-state index in [0.29, 0.717) is 0 Å². The Morgan fingerprint density at radius 2 is 1.40 bits per heavy atom. The van der Waals surface area contributed by atoms with Crippen LogP contribution in [0, 0.1) is 0 Å². The maximum atomic E-state index is 9.96. The van der Waals surface area contributed by atoms with E-state index in [-0.39, 0.29) is 23.7 Å². The van der Waals surface area contributed by atoms with E-state index in [4.69, 9.17) is 0 Å². The van der Waals surface area contributed by atoms with Crippen LogP contribution in [-0.4, -0.2) is 6.61 Å². The maximum Gasteiger partial charge on any atom is 0.0822 e. The predicted octanol–water partition coefficient (Wildman–Crippen LogP) is 2.77. The number of hydrogen-bond acceptors (Lipinski definition) is 0. The third-order valence-corrected chi connectivity index (χ3v) is 1.50. The summed E-state index contributed by atoms with van der Waals surface area (Å²) in [5.41, 5.74) is 0. The summed E-state index contributed by atoms with van der Waals surface area (Å²) in [7, 11) is 0. The van der Waals surface area contributed by atoms with Crippen molar-refractivity contribution in [3.63, 3.8) is 0 Å². The molecular formula is C8H17FeO. The molecular weight excluding hydrogens is 168 g/mol. The van der Waals surface area contributed by atoms with Crippen LogP contribution in [0.3, 0.4) is 0 Å². The molecule has 0 spiro atoms. The fourth-order valence-corrected chi connectivity index (χ4v) is 0.882. The van der Waals surface area contributed by atoms with Crippen LogP contribution >= 0.6 is 0 Å². The number of rotatable bonds is 6. The minimum Gasteiger partial charge on any atom is -0.237 e. The average molecular weight is 185 g/mol. The molecule has 0 heterocycles. The van der Waals surface area contributed by atoms with E-state index in [1.54, 1.807) is 0 Å². The van der Waals surface area contributed by atoms with Gasteiger partial charge in [-0.25, -0.2) is 5.11 Å². The zero-order valence-electron chi connectivity index (χ0n) is 6.71. The summed E-state index contributed by atoms with van der Waals surface area (Å²) in [6, 6.07) is 0. The molecule has 0 aliphatic carbocycles. The minimum absolute atomic E-state index is 0. The van der Waals surface area contributed by atoms with Crippen LogP contribution in [0.25, 0.3) is 0 Å². The molecule has 0 amide bonds. The monoisotopic (exact) mass is 185 g/mol. The molecule has 0 fully saturated rings. The van der Waals surface area contributed by atoms with Crippen LogP contribution in [0.15, 0.2) is 0 Å². The minimum atomic E-state index is 0. The molecule has 63 valence electrons. The van der Waals surface area contributed by atoms with E-state index in [1.807, 2.05) is 0 Å². The van der Waals surface area contributed by atoms with E-state index >= 15 is 0 Å². The second-order valence-electron chi connectivity index (χ2n) is 2.47. The third-order valence-electron chi connectivity index (χ3n) is 1.50. The molecule has 0 N–H and O–H groups in total. The van der Waals surface area contributed by atoms with Gasteiger partial charge in [-0.1, -0.05) is 39.0 Å². The van der Waals surface area contributed by atoms with Gasteiger partial charge in [-0.3, -0.25) is 0 Å². The Morgan fingerprint density at radius 1 is 0.900 bits per heavy atom. The predicted molar refractivity (Wildman–Crippen MR) is 38.9 cm³/mol. The van der Waals surface area contributed by atoms with Crippen LogP contribution in [0.4, 0.5) is 0 Å². The largest absolute Gasteiger partial charge is 0.237 e. The smallest absolute Gasteiger partial charge is 0.0822 e. The zero-order valence-corrected chi connectivity index (χ0v) is 7.82. The molecule has 1 radical (unpaired) electrons. The van der Waals surface area contributed by atoms with E-state index in [9.17, 15) is 5.11 Å². The van der Waals surface area contributed by atoms with Gasteiger partial charge in [0.2, 0.25) is 0 Å². The first-order valence-corrected chi connectivity index (χ1v) is 4.00. The Balaban J connectivity index is 0. The molecule has 0 atom stereocenters. The molecule has 0 aliphatic heterocycles. The number of hydrogen-bond donors (Lipinski definition) is 0. The molecule has 0 aromatic rings. The molecule has 0 aliphatic rings. The van der Waals surface area contributed by atoms with Gasteiger partial charge in [-0.05, 0) is 6.42 Å². The van der Waals surface area contributed by atoms with Crippen molar-refractivity contribution in [2.24, 2.45) is 0 Å². The topological polar surface area (TPSA) is 19.9 Å². The van der Waals surface area contributed by atoms with Gasteiger partial charge >= 0.3 is 0 Å². The van der Waals surface area contributed by atoms with Crippen molar-refractivity contribution in [2.45, 2.75) is 45.4 Å². The van der Waals surface area contributed by atoms with Gasteiger partial charge in [0.1, 0.15) is 0 Å². The first-order valence-electron chi connectivity index (χ1n) is 4.00. The van der Waals surface area contributed by atoms with Crippen LogP contribution in [-0.2, 0) is 22.2 Å². The van der Waals surface area contributed by atoms with Crippen LogP contribution < -0.4 is 0 Å². The summed E-state index contributed by atoms with van der Waals surface area (Å²) < 4.78 is 0. The first-order chi connectivity index (χ1) is 4.41. The molecule has 0 bridgehead atoms. The SMILES string of the molecule is CCCCCCCC[O].[Fe]. The molecule has 0 unspecified atom stereocenters. The molecule has 0 saturated heterocycles. The van der Waals surface area contributed by atoms with E-state index in [2.05, 4.69) is 6.92 Å². The van der Waals surface area contributed by atoms with Crippen LogP contribution in [0.5, 0.6) is 0 Å². The third kappa shape index (κ3) is 11.3. The Kier molecular flexibility index (Phi) is 16.0. The fourth-order valence-electron chi connectivity index (χ4n) is 0.882. The molecule has 0 aromatic heterocycles. The van der Waals surface area contributed by atoms with Gasteiger partial charge in [0.15, 0.2) is 0 Å². The molecule has 0 saturated carbocycles. The summed E-state index contributed by atoms with van der Waals surface area (Å²) in [6.07, 6.45) is 7.22. The van der Waals surface area contributed by atoms with Crippen molar-refractivity contribution < 1.29 is 22.2 Å². The summed E-state index contributed by atoms with van der Waals surface area (Å²) in [6.45, 7) is 2.32. The Hall–Kier alpha value is 0.479. The zero-order chi connectivity index (χ0) is 6.95. The molecule has 1 nitrogen and oxygen atoms in total. The van der Waals surface area contributed by atoms with Crippen molar-refractivity contribution >= 4 is 0 Å². The van der Waals surface area contributed by atoms with Gasteiger partial charge in [-0.15, -0.1) is 0 Å². The number of unbranched alkanes of at least 4 members (excludes halogenated alkanes) is 5. The van der Waals surface area contributed by atoms with Gasteiger partial charge in [0.25, 0.3) is 0 Å².